The summed E-state index contributed by atoms with van der Waals surface area (Å²) in [7, 11) is 1.59. The van der Waals surface area contributed by atoms with Gasteiger partial charge in [-0.2, -0.15) is 5.10 Å². The minimum absolute atomic E-state index is 0.138. The number of hydrogen-bond acceptors (Lipinski definition) is 5. The fraction of sp³-hybridized carbons (Fsp3) is 0.294. The van der Waals surface area contributed by atoms with Gasteiger partial charge in [-0.05, 0) is 18.6 Å². The monoisotopic (exact) mass is 357 g/mol. The van der Waals surface area contributed by atoms with Gasteiger partial charge in [0, 0.05) is 24.7 Å². The third kappa shape index (κ3) is 4.00. The molecule has 4 amide bonds. The summed E-state index contributed by atoms with van der Waals surface area (Å²) in [6, 6.07) is 6.32. The lowest BCUT2D eigenvalue weighted by Crippen LogP contribution is -2.31. The van der Waals surface area contributed by atoms with Gasteiger partial charge in [0.25, 0.3) is 5.91 Å². The maximum Gasteiger partial charge on any atom is 0.322 e. The van der Waals surface area contributed by atoms with Crippen LogP contribution in [0.25, 0.3) is 5.69 Å². The van der Waals surface area contributed by atoms with Crippen molar-refractivity contribution in [3.63, 3.8) is 0 Å². The minimum Gasteiger partial charge on any atom is -0.494 e. The number of amides is 4. The molecule has 1 aromatic heterocycles. The SMILES string of the molecule is COc1ccccc1-n1cc(CNC(=O)CC[C@@H]2NC(=O)NC2=O)cn1. The summed E-state index contributed by atoms with van der Waals surface area (Å²) in [5.41, 5.74) is 1.63. The van der Waals surface area contributed by atoms with Crippen LogP contribution in [0.2, 0.25) is 0 Å². The Morgan fingerprint density at radius 3 is 2.88 bits per heavy atom. The Kier molecular flexibility index (Phi) is 5.16. The number of para-hydroxylation sites is 2. The summed E-state index contributed by atoms with van der Waals surface area (Å²) < 4.78 is 6.99. The van der Waals surface area contributed by atoms with Crippen LogP contribution in [-0.2, 0) is 16.1 Å². The first-order chi connectivity index (χ1) is 12.6. The molecule has 0 bridgehead atoms. The second-order valence-corrected chi connectivity index (χ2v) is 5.80. The predicted molar refractivity (Wildman–Crippen MR) is 91.7 cm³/mol. The van der Waals surface area contributed by atoms with Gasteiger partial charge in [-0.25, -0.2) is 9.48 Å². The topological polar surface area (TPSA) is 114 Å². The van der Waals surface area contributed by atoms with Crippen LogP contribution in [0.3, 0.4) is 0 Å². The highest BCUT2D eigenvalue weighted by molar-refractivity contribution is 6.04. The zero-order chi connectivity index (χ0) is 18.5. The molecule has 2 aromatic rings. The Morgan fingerprint density at radius 2 is 2.15 bits per heavy atom. The van der Waals surface area contributed by atoms with Gasteiger partial charge in [0.15, 0.2) is 0 Å². The summed E-state index contributed by atoms with van der Waals surface area (Å²) in [6.45, 7) is 0.317. The van der Waals surface area contributed by atoms with Crippen molar-refractivity contribution < 1.29 is 19.1 Å². The number of imide groups is 1. The molecule has 3 rings (SSSR count). The molecule has 0 saturated carbocycles. The largest absolute Gasteiger partial charge is 0.494 e. The van der Waals surface area contributed by atoms with Crippen molar-refractivity contribution in [3.8, 4) is 11.4 Å². The van der Waals surface area contributed by atoms with E-state index in [2.05, 4.69) is 21.0 Å². The normalized spacial score (nSPS) is 16.1. The van der Waals surface area contributed by atoms with Crippen LogP contribution in [0.4, 0.5) is 4.79 Å². The van der Waals surface area contributed by atoms with Crippen molar-refractivity contribution in [2.24, 2.45) is 0 Å². The standard InChI is InChI=1S/C17H19N5O4/c1-26-14-5-3-2-4-13(14)22-10-11(9-19-22)8-18-15(23)7-6-12-16(24)21-17(25)20-12/h2-5,9-10,12H,6-8H2,1H3,(H,18,23)(H2,20,21,24,25)/t12-/m0/s1. The lowest BCUT2D eigenvalue weighted by atomic mass is 10.1. The van der Waals surface area contributed by atoms with E-state index < -0.39 is 18.0 Å². The average Bonchev–Trinajstić information content (AvgIpc) is 3.24. The number of aromatic nitrogens is 2. The molecule has 2 heterocycles. The zero-order valence-electron chi connectivity index (χ0n) is 14.2. The summed E-state index contributed by atoms with van der Waals surface area (Å²) in [4.78, 5) is 34.4. The highest BCUT2D eigenvalue weighted by Crippen LogP contribution is 2.21. The Hall–Kier alpha value is -3.36. The lowest BCUT2D eigenvalue weighted by Gasteiger charge is -2.08. The lowest BCUT2D eigenvalue weighted by molar-refractivity contribution is -0.122. The molecule has 1 atom stereocenters. The van der Waals surface area contributed by atoms with Gasteiger partial charge < -0.3 is 15.4 Å². The van der Waals surface area contributed by atoms with E-state index in [4.69, 9.17) is 4.74 Å². The van der Waals surface area contributed by atoms with Gasteiger partial charge in [-0.1, -0.05) is 12.1 Å². The summed E-state index contributed by atoms with van der Waals surface area (Å²) in [6.07, 6.45) is 3.86. The fourth-order valence-corrected chi connectivity index (χ4v) is 2.63. The van der Waals surface area contributed by atoms with E-state index in [1.165, 1.54) is 0 Å². The smallest absolute Gasteiger partial charge is 0.322 e. The third-order valence-electron chi connectivity index (χ3n) is 3.98. The van der Waals surface area contributed by atoms with E-state index in [9.17, 15) is 14.4 Å². The molecule has 26 heavy (non-hydrogen) atoms. The number of methoxy groups -OCH3 is 1. The highest BCUT2D eigenvalue weighted by atomic mass is 16.5. The number of carbonyl (C=O) groups excluding carboxylic acids is 3. The van der Waals surface area contributed by atoms with Crippen molar-refractivity contribution in [3.05, 3.63) is 42.2 Å². The molecule has 9 heteroatoms. The maximum absolute atomic E-state index is 11.9. The molecule has 9 nitrogen and oxygen atoms in total. The molecule has 3 N–H and O–H groups in total. The number of benzene rings is 1. The summed E-state index contributed by atoms with van der Waals surface area (Å²) in [5.74, 6) is 0.0907. The van der Waals surface area contributed by atoms with Gasteiger partial charge in [0.05, 0.1) is 13.3 Å². The average molecular weight is 357 g/mol. The second kappa shape index (κ2) is 7.68. The maximum atomic E-state index is 11.9. The third-order valence-corrected chi connectivity index (χ3v) is 3.98. The van der Waals surface area contributed by atoms with Crippen molar-refractivity contribution in [2.45, 2.75) is 25.4 Å². The van der Waals surface area contributed by atoms with E-state index in [1.807, 2.05) is 30.5 Å². The van der Waals surface area contributed by atoms with Crippen LogP contribution in [0.1, 0.15) is 18.4 Å². The Bertz CT molecular complexity index is 832. The van der Waals surface area contributed by atoms with E-state index >= 15 is 0 Å². The summed E-state index contributed by atoms with van der Waals surface area (Å²) >= 11 is 0. The number of ether oxygens (including phenoxy) is 1. The van der Waals surface area contributed by atoms with Crippen LogP contribution < -0.4 is 20.7 Å². The first kappa shape index (κ1) is 17.5. The van der Waals surface area contributed by atoms with Crippen molar-refractivity contribution in [1.82, 2.24) is 25.7 Å². The number of urea groups is 1. The van der Waals surface area contributed by atoms with E-state index in [0.717, 1.165) is 11.3 Å². The molecule has 0 aliphatic carbocycles. The van der Waals surface area contributed by atoms with Gasteiger partial charge in [-0.3, -0.25) is 14.9 Å². The number of hydrogen-bond donors (Lipinski definition) is 3. The minimum atomic E-state index is -0.651. The highest BCUT2D eigenvalue weighted by Gasteiger charge is 2.29. The van der Waals surface area contributed by atoms with Crippen molar-refractivity contribution in [2.75, 3.05) is 7.11 Å². The number of carbonyl (C=O) groups is 3. The van der Waals surface area contributed by atoms with Crippen LogP contribution in [-0.4, -0.2) is 40.8 Å². The number of nitrogens with zero attached hydrogens (tertiary/aromatic N) is 2. The van der Waals surface area contributed by atoms with Crippen LogP contribution >= 0.6 is 0 Å². The number of rotatable bonds is 7. The van der Waals surface area contributed by atoms with Gasteiger partial charge >= 0.3 is 6.03 Å². The molecule has 1 aliphatic heterocycles. The van der Waals surface area contributed by atoms with E-state index in [-0.39, 0.29) is 18.7 Å². The van der Waals surface area contributed by atoms with E-state index in [1.54, 1.807) is 18.0 Å². The Balaban J connectivity index is 1.51. The van der Waals surface area contributed by atoms with Gasteiger partial charge in [0.2, 0.25) is 5.91 Å². The van der Waals surface area contributed by atoms with E-state index in [0.29, 0.717) is 12.3 Å². The molecule has 0 spiro atoms. The zero-order valence-corrected chi connectivity index (χ0v) is 14.2. The molecule has 1 fully saturated rings. The molecule has 0 unspecified atom stereocenters. The first-order valence-electron chi connectivity index (χ1n) is 8.12. The van der Waals surface area contributed by atoms with Crippen LogP contribution in [0.5, 0.6) is 5.75 Å². The Morgan fingerprint density at radius 1 is 1.35 bits per heavy atom. The van der Waals surface area contributed by atoms with Crippen LogP contribution in [0, 0.1) is 0 Å². The molecule has 0 radical (unpaired) electrons. The van der Waals surface area contributed by atoms with Gasteiger partial charge in [0.1, 0.15) is 17.5 Å². The molecule has 1 aromatic carbocycles. The molecule has 1 aliphatic rings. The Labute approximate surface area is 149 Å². The fourth-order valence-electron chi connectivity index (χ4n) is 2.63. The predicted octanol–water partition coefficient (Wildman–Crippen LogP) is 0.485. The second-order valence-electron chi connectivity index (χ2n) is 5.80. The van der Waals surface area contributed by atoms with Crippen LogP contribution in [0.15, 0.2) is 36.7 Å². The molecular weight excluding hydrogens is 338 g/mol. The quantitative estimate of drug-likeness (QED) is 0.624. The van der Waals surface area contributed by atoms with Crippen molar-refractivity contribution in [1.29, 1.82) is 0 Å². The summed E-state index contributed by atoms with van der Waals surface area (Å²) in [5, 5.41) is 11.7. The van der Waals surface area contributed by atoms with Crippen molar-refractivity contribution >= 4 is 17.8 Å². The first-order valence-corrected chi connectivity index (χ1v) is 8.12. The molecule has 136 valence electrons. The number of nitrogens with one attached hydrogen (secondary N) is 3. The molecular formula is C17H19N5O4. The van der Waals surface area contributed by atoms with Gasteiger partial charge in [-0.15, -0.1) is 0 Å². The molecule has 1 saturated heterocycles.